The lowest BCUT2D eigenvalue weighted by Gasteiger charge is -2.17. The van der Waals surface area contributed by atoms with Gasteiger partial charge in [0.05, 0.1) is 12.3 Å². The molecule has 0 aliphatic rings. The number of aryl methyl sites for hydroxylation is 1. The minimum atomic E-state index is -1.33. The molecular formula is C10H16N4O4. The van der Waals surface area contributed by atoms with E-state index in [4.69, 9.17) is 5.11 Å². The number of nitrogens with zero attached hydrogens (tertiary/aromatic N) is 2. The van der Waals surface area contributed by atoms with Crippen LogP contribution in [-0.2, 0) is 18.4 Å². The van der Waals surface area contributed by atoms with Crippen molar-refractivity contribution in [1.82, 2.24) is 20.4 Å². The number of carbonyl (C=O) groups is 2. The van der Waals surface area contributed by atoms with Crippen LogP contribution in [-0.4, -0.2) is 44.1 Å². The van der Waals surface area contributed by atoms with Crippen molar-refractivity contribution >= 4 is 12.0 Å². The summed E-state index contributed by atoms with van der Waals surface area (Å²) < 4.78 is 1.59. The Morgan fingerprint density at radius 2 is 2.22 bits per heavy atom. The van der Waals surface area contributed by atoms with Crippen LogP contribution in [0.3, 0.4) is 0 Å². The third-order valence-electron chi connectivity index (χ3n) is 2.25. The zero-order chi connectivity index (χ0) is 13.7. The van der Waals surface area contributed by atoms with Crippen LogP contribution < -0.4 is 10.6 Å². The fraction of sp³-hybridized carbons (Fsp3) is 0.500. The van der Waals surface area contributed by atoms with Gasteiger partial charge in [-0.15, -0.1) is 0 Å². The molecule has 0 spiro atoms. The van der Waals surface area contributed by atoms with Crippen molar-refractivity contribution in [3.8, 4) is 0 Å². The topological polar surface area (TPSA) is 116 Å². The summed E-state index contributed by atoms with van der Waals surface area (Å²) >= 11 is 0. The first-order valence-corrected chi connectivity index (χ1v) is 5.33. The number of nitrogens with one attached hydrogen (secondary N) is 2. The van der Waals surface area contributed by atoms with E-state index in [9.17, 15) is 14.7 Å². The van der Waals surface area contributed by atoms with E-state index >= 15 is 0 Å². The van der Waals surface area contributed by atoms with Crippen molar-refractivity contribution in [3.05, 3.63) is 18.0 Å². The molecule has 1 aromatic heterocycles. The Balaban J connectivity index is 2.43. The Hall–Kier alpha value is -2.09. The number of amides is 2. The number of carboxylic acid groups (broad SMARTS) is 1. The van der Waals surface area contributed by atoms with Gasteiger partial charge < -0.3 is 20.8 Å². The zero-order valence-corrected chi connectivity index (χ0v) is 10.1. The molecule has 0 aliphatic heterocycles. The number of aliphatic carboxylic acids is 1. The Morgan fingerprint density at radius 1 is 1.56 bits per heavy atom. The van der Waals surface area contributed by atoms with Gasteiger partial charge in [-0.25, -0.2) is 9.59 Å². The number of urea groups is 1. The van der Waals surface area contributed by atoms with Gasteiger partial charge in [0.15, 0.2) is 6.04 Å². The fourth-order valence-electron chi connectivity index (χ4n) is 1.33. The maximum absolute atomic E-state index is 11.4. The number of hydrogen-bond acceptors (Lipinski definition) is 4. The van der Waals surface area contributed by atoms with Crippen LogP contribution >= 0.6 is 0 Å². The molecule has 0 aromatic carbocycles. The number of carboxylic acids is 1. The minimum absolute atomic E-state index is 0.228. The molecule has 100 valence electrons. The second kappa shape index (κ2) is 6.01. The van der Waals surface area contributed by atoms with Crippen LogP contribution in [0.2, 0.25) is 0 Å². The van der Waals surface area contributed by atoms with Crippen molar-refractivity contribution in [2.24, 2.45) is 7.05 Å². The highest BCUT2D eigenvalue weighted by Crippen LogP contribution is 1.96. The maximum atomic E-state index is 11.4. The predicted octanol–water partition coefficient (Wildman–Crippen LogP) is -0.947. The molecule has 2 atom stereocenters. The minimum Gasteiger partial charge on any atom is -0.480 e. The Morgan fingerprint density at radius 3 is 2.67 bits per heavy atom. The van der Waals surface area contributed by atoms with Crippen molar-refractivity contribution in [2.45, 2.75) is 25.6 Å². The highest BCUT2D eigenvalue weighted by Gasteiger charge is 2.24. The number of aliphatic hydroxyl groups is 1. The van der Waals surface area contributed by atoms with Crippen LogP contribution in [0.5, 0.6) is 0 Å². The summed E-state index contributed by atoms with van der Waals surface area (Å²) in [6, 6.07) is -1.99. The Kier molecular flexibility index (Phi) is 4.67. The number of carbonyl (C=O) groups excluding carboxylic acids is 1. The van der Waals surface area contributed by atoms with E-state index in [1.807, 2.05) is 0 Å². The van der Waals surface area contributed by atoms with Gasteiger partial charge in [0, 0.05) is 25.4 Å². The van der Waals surface area contributed by atoms with Crippen LogP contribution in [0.1, 0.15) is 12.5 Å². The molecule has 1 aromatic rings. The van der Waals surface area contributed by atoms with Crippen LogP contribution in [0.4, 0.5) is 4.79 Å². The van der Waals surface area contributed by atoms with Crippen molar-refractivity contribution in [2.75, 3.05) is 0 Å². The van der Waals surface area contributed by atoms with Gasteiger partial charge >= 0.3 is 12.0 Å². The molecule has 0 unspecified atom stereocenters. The van der Waals surface area contributed by atoms with E-state index in [1.54, 1.807) is 24.1 Å². The summed E-state index contributed by atoms with van der Waals surface area (Å²) in [6.07, 6.45) is 2.14. The van der Waals surface area contributed by atoms with E-state index in [2.05, 4.69) is 15.7 Å². The van der Waals surface area contributed by atoms with Gasteiger partial charge in [-0.2, -0.15) is 5.10 Å². The Bertz CT molecular complexity index is 429. The number of aromatic nitrogens is 2. The van der Waals surface area contributed by atoms with Crippen molar-refractivity contribution < 1.29 is 19.8 Å². The smallest absolute Gasteiger partial charge is 0.328 e. The molecule has 4 N–H and O–H groups in total. The average molecular weight is 256 g/mol. The second-order valence-corrected chi connectivity index (χ2v) is 3.91. The van der Waals surface area contributed by atoms with Crippen LogP contribution in [0.15, 0.2) is 12.4 Å². The van der Waals surface area contributed by atoms with E-state index < -0.39 is 24.1 Å². The molecule has 18 heavy (non-hydrogen) atoms. The molecule has 1 rings (SSSR count). The number of hydrogen-bond donors (Lipinski definition) is 4. The lowest BCUT2D eigenvalue weighted by atomic mass is 10.2. The van der Waals surface area contributed by atoms with Crippen molar-refractivity contribution in [1.29, 1.82) is 0 Å². The Labute approximate surface area is 104 Å². The number of aliphatic hydroxyl groups excluding tert-OH is 1. The first-order chi connectivity index (χ1) is 8.40. The molecule has 8 nitrogen and oxygen atoms in total. The largest absolute Gasteiger partial charge is 0.480 e. The summed E-state index contributed by atoms with van der Waals surface area (Å²) in [5.74, 6) is -1.29. The molecule has 2 amide bonds. The molecule has 0 fully saturated rings. The maximum Gasteiger partial charge on any atom is 0.328 e. The van der Waals surface area contributed by atoms with Gasteiger partial charge in [-0.3, -0.25) is 4.68 Å². The number of rotatable bonds is 5. The molecule has 1 heterocycles. The predicted molar refractivity (Wildman–Crippen MR) is 61.7 cm³/mol. The monoisotopic (exact) mass is 256 g/mol. The summed E-state index contributed by atoms with van der Waals surface area (Å²) in [6.45, 7) is 1.52. The molecule has 0 radical (unpaired) electrons. The second-order valence-electron chi connectivity index (χ2n) is 3.91. The average Bonchev–Trinajstić information content (AvgIpc) is 2.68. The van der Waals surface area contributed by atoms with Crippen LogP contribution in [0, 0.1) is 0 Å². The van der Waals surface area contributed by atoms with Gasteiger partial charge in [-0.1, -0.05) is 0 Å². The summed E-state index contributed by atoms with van der Waals surface area (Å²) in [5.41, 5.74) is 0.788. The quantitative estimate of drug-likeness (QED) is 0.542. The summed E-state index contributed by atoms with van der Waals surface area (Å²) in [4.78, 5) is 22.2. The highest BCUT2D eigenvalue weighted by atomic mass is 16.4. The molecule has 0 saturated carbocycles. The third-order valence-corrected chi connectivity index (χ3v) is 2.25. The van der Waals surface area contributed by atoms with Gasteiger partial charge in [-0.05, 0) is 6.92 Å². The lowest BCUT2D eigenvalue weighted by molar-refractivity contribution is -0.141. The SMILES string of the molecule is C[C@@H](O)[C@H](NC(=O)NCc1cnn(C)c1)C(=O)O. The standard InChI is InChI=1S/C10H16N4O4/c1-6(15)8(9(16)17)13-10(18)11-3-7-4-12-14(2)5-7/h4-6,8,15H,3H2,1-2H3,(H,16,17)(H2,11,13,18)/t6-,8+/m1/s1. The lowest BCUT2D eigenvalue weighted by Crippen LogP contribution is -2.50. The molecule has 0 bridgehead atoms. The van der Waals surface area contributed by atoms with E-state index in [0.29, 0.717) is 0 Å². The molecule has 8 heteroatoms. The fourth-order valence-corrected chi connectivity index (χ4v) is 1.33. The van der Waals surface area contributed by atoms with Crippen molar-refractivity contribution in [3.63, 3.8) is 0 Å². The first kappa shape index (κ1) is 14.0. The normalized spacial score (nSPS) is 13.7. The zero-order valence-electron chi connectivity index (χ0n) is 10.1. The van der Waals surface area contributed by atoms with Gasteiger partial charge in [0.25, 0.3) is 0 Å². The van der Waals surface area contributed by atoms with Gasteiger partial charge in [0.1, 0.15) is 0 Å². The molecule has 0 saturated heterocycles. The van der Waals surface area contributed by atoms with E-state index in [-0.39, 0.29) is 6.54 Å². The summed E-state index contributed by atoms with van der Waals surface area (Å²) in [7, 11) is 1.75. The molecule has 0 aliphatic carbocycles. The summed E-state index contributed by atoms with van der Waals surface area (Å²) in [5, 5.41) is 26.5. The first-order valence-electron chi connectivity index (χ1n) is 5.33. The van der Waals surface area contributed by atoms with E-state index in [0.717, 1.165) is 5.56 Å². The third kappa shape index (κ3) is 4.06. The van der Waals surface area contributed by atoms with Crippen LogP contribution in [0.25, 0.3) is 0 Å². The van der Waals surface area contributed by atoms with Gasteiger partial charge in [0.2, 0.25) is 0 Å². The van der Waals surface area contributed by atoms with E-state index in [1.165, 1.54) is 6.92 Å². The molecular weight excluding hydrogens is 240 g/mol. The highest BCUT2D eigenvalue weighted by molar-refractivity contribution is 5.82.